The van der Waals surface area contributed by atoms with Gasteiger partial charge in [-0.2, -0.15) is 0 Å². The van der Waals surface area contributed by atoms with Gasteiger partial charge in [0.15, 0.2) is 0 Å². The fraction of sp³-hybridized carbons (Fsp3) is 0.317. The van der Waals surface area contributed by atoms with Crippen LogP contribution in [0.5, 0.6) is 0 Å². The monoisotopic (exact) mass is 800 g/mol. The van der Waals surface area contributed by atoms with Crippen LogP contribution in [0.15, 0.2) is 164 Å². The summed E-state index contributed by atoms with van der Waals surface area (Å²) in [4.78, 5) is 5.13. The quantitative estimate of drug-likeness (QED) is 0.0660. The summed E-state index contributed by atoms with van der Waals surface area (Å²) in [6.45, 7) is 4.64. The first-order valence-corrected chi connectivity index (χ1v) is 23.7. The van der Waals surface area contributed by atoms with Crippen LogP contribution in [-0.2, 0) is 18.3 Å². The molecule has 0 spiro atoms. The van der Waals surface area contributed by atoms with Gasteiger partial charge in [-0.15, -0.1) is 0 Å². The second-order valence-corrected chi connectivity index (χ2v) is 17.7. The average Bonchev–Trinajstić information content (AvgIpc) is 3.59. The Bertz CT molecular complexity index is 2440. The third-order valence-electron chi connectivity index (χ3n) is 13.4. The van der Waals surface area contributed by atoms with Gasteiger partial charge in [-0.1, -0.05) is 212 Å². The number of aromatic nitrogens is 1. The van der Waals surface area contributed by atoms with Crippen LogP contribution in [0.25, 0.3) is 55.8 Å². The lowest BCUT2D eigenvalue weighted by molar-refractivity contribution is 0.401. The Morgan fingerprint density at radius 3 is 1.52 bits per heavy atom. The third kappa shape index (κ3) is 10.2. The summed E-state index contributed by atoms with van der Waals surface area (Å²) < 4.78 is 0. The van der Waals surface area contributed by atoms with Crippen LogP contribution in [0.1, 0.15) is 126 Å². The first-order valence-electron chi connectivity index (χ1n) is 23.7. The number of aryl methyl sites for hydroxylation is 2. The molecule has 0 unspecified atom stereocenters. The smallest absolute Gasteiger partial charge is 0.0702 e. The van der Waals surface area contributed by atoms with Gasteiger partial charge in [0.25, 0.3) is 0 Å². The lowest BCUT2D eigenvalue weighted by atomic mass is 9.70. The zero-order chi connectivity index (χ0) is 41.7. The van der Waals surface area contributed by atoms with E-state index in [2.05, 4.69) is 178 Å². The van der Waals surface area contributed by atoms with E-state index in [1.54, 1.807) is 5.56 Å². The number of unbranched alkanes of at least 4 members (excludes halogenated alkanes) is 9. The van der Waals surface area contributed by atoms with E-state index in [9.17, 15) is 0 Å². The largest absolute Gasteiger partial charge is 0.256 e. The number of hydrogen-bond donors (Lipinski definition) is 0. The zero-order valence-electron chi connectivity index (χ0n) is 36.8. The topological polar surface area (TPSA) is 12.9 Å². The van der Waals surface area contributed by atoms with Gasteiger partial charge in [0.2, 0.25) is 0 Å². The number of hydrogen-bond acceptors (Lipinski definition) is 1. The van der Waals surface area contributed by atoms with E-state index >= 15 is 0 Å². The normalized spacial score (nSPS) is 12.6. The Morgan fingerprint density at radius 2 is 0.885 bits per heavy atom. The molecule has 8 rings (SSSR count). The molecule has 0 fully saturated rings. The van der Waals surface area contributed by atoms with Crippen LogP contribution in [0.2, 0.25) is 0 Å². The Labute approximate surface area is 367 Å². The lowest BCUT2D eigenvalue weighted by Crippen LogP contribution is -2.25. The van der Waals surface area contributed by atoms with Crippen molar-refractivity contribution < 1.29 is 0 Å². The highest BCUT2D eigenvalue weighted by Gasteiger charge is 2.42. The Morgan fingerprint density at radius 1 is 0.361 bits per heavy atom. The predicted octanol–water partition coefficient (Wildman–Crippen LogP) is 17.3. The predicted molar refractivity (Wildman–Crippen MR) is 262 cm³/mol. The minimum absolute atomic E-state index is 0.0761. The Hall–Kier alpha value is -5.53. The summed E-state index contributed by atoms with van der Waals surface area (Å²) >= 11 is 0. The van der Waals surface area contributed by atoms with Gasteiger partial charge in [-0.05, 0) is 124 Å². The van der Waals surface area contributed by atoms with E-state index in [0.29, 0.717) is 0 Å². The van der Waals surface area contributed by atoms with Crippen molar-refractivity contribution >= 4 is 0 Å². The molecule has 0 atom stereocenters. The summed E-state index contributed by atoms with van der Waals surface area (Å²) in [6, 6.07) is 59.0. The highest BCUT2D eigenvalue weighted by Crippen LogP contribution is 2.55. The van der Waals surface area contributed by atoms with Gasteiger partial charge >= 0.3 is 0 Å². The average molecular weight is 800 g/mol. The molecule has 0 radical (unpaired) electrons. The van der Waals surface area contributed by atoms with Crippen molar-refractivity contribution in [3.05, 3.63) is 186 Å². The zero-order valence-corrected chi connectivity index (χ0v) is 36.8. The van der Waals surface area contributed by atoms with Crippen LogP contribution in [-0.4, -0.2) is 4.98 Å². The minimum atomic E-state index is 0.0761. The molecule has 0 N–H and O–H groups in total. The van der Waals surface area contributed by atoms with Crippen LogP contribution in [0.3, 0.4) is 0 Å². The molecule has 1 heteroatoms. The number of nitrogens with zero attached hydrogens (tertiary/aromatic N) is 1. The fourth-order valence-corrected chi connectivity index (χ4v) is 10.0. The molecule has 0 saturated carbocycles. The van der Waals surface area contributed by atoms with E-state index in [-0.39, 0.29) is 5.41 Å². The summed E-state index contributed by atoms with van der Waals surface area (Å²) in [5.41, 5.74) is 18.5. The van der Waals surface area contributed by atoms with E-state index < -0.39 is 0 Å². The number of benzene rings is 6. The molecule has 0 amide bonds. The molecule has 6 aromatic carbocycles. The summed E-state index contributed by atoms with van der Waals surface area (Å²) in [5.74, 6) is 0. The Balaban J connectivity index is 0.967. The van der Waals surface area contributed by atoms with Crippen molar-refractivity contribution in [1.82, 2.24) is 4.98 Å². The first-order chi connectivity index (χ1) is 30.1. The van der Waals surface area contributed by atoms with E-state index in [1.165, 1.54) is 158 Å². The second-order valence-electron chi connectivity index (χ2n) is 17.7. The molecular weight excluding hydrogens is 735 g/mol. The van der Waals surface area contributed by atoms with E-state index in [4.69, 9.17) is 4.98 Å². The van der Waals surface area contributed by atoms with Crippen molar-refractivity contribution in [2.45, 2.75) is 122 Å². The molecule has 1 aliphatic carbocycles. The molecule has 1 nitrogen and oxygen atoms in total. The molecule has 1 aromatic heterocycles. The van der Waals surface area contributed by atoms with Crippen LogP contribution in [0.4, 0.5) is 0 Å². The van der Waals surface area contributed by atoms with Crippen LogP contribution < -0.4 is 0 Å². The van der Waals surface area contributed by atoms with Gasteiger partial charge in [-0.3, -0.25) is 4.98 Å². The number of rotatable bonds is 21. The lowest BCUT2D eigenvalue weighted by Gasteiger charge is -2.33. The van der Waals surface area contributed by atoms with Crippen molar-refractivity contribution in [2.75, 3.05) is 0 Å². The molecule has 0 aliphatic heterocycles. The van der Waals surface area contributed by atoms with Gasteiger partial charge in [0.1, 0.15) is 0 Å². The standard InChI is InChI=1S/C60H65N/c1-3-5-7-18-39-60(40-19-8-6-4-2)57-34-17-16-33-55(57)56-37-35-53(44-58(56)60)59-38-36-54(45-61-59)52-32-22-31-51(43-52)50-30-21-29-49(42-50)48-28-20-27-47(41-48)26-13-10-9-12-23-46-24-14-11-15-25-46/h11,14-17,20-22,24-25,27-38,41-45H,3-10,12-13,18-19,23,26,39-40H2,1-2H3. The maximum atomic E-state index is 5.13. The molecule has 0 bridgehead atoms. The highest BCUT2D eigenvalue weighted by molar-refractivity contribution is 5.84. The van der Waals surface area contributed by atoms with Crippen molar-refractivity contribution in [3.8, 4) is 55.8 Å². The number of pyridine rings is 1. The first kappa shape index (κ1) is 42.2. The Kier molecular flexibility index (Phi) is 14.4. The molecule has 61 heavy (non-hydrogen) atoms. The maximum absolute atomic E-state index is 5.13. The maximum Gasteiger partial charge on any atom is 0.0702 e. The van der Waals surface area contributed by atoms with Gasteiger partial charge in [-0.25, -0.2) is 0 Å². The summed E-state index contributed by atoms with van der Waals surface area (Å²) in [7, 11) is 0. The van der Waals surface area contributed by atoms with Crippen molar-refractivity contribution in [2.24, 2.45) is 0 Å². The van der Waals surface area contributed by atoms with Crippen molar-refractivity contribution in [1.29, 1.82) is 0 Å². The van der Waals surface area contributed by atoms with E-state index in [0.717, 1.165) is 17.7 Å². The molecule has 0 saturated heterocycles. The van der Waals surface area contributed by atoms with Crippen LogP contribution in [0, 0.1) is 0 Å². The summed E-state index contributed by atoms with van der Waals surface area (Å²) in [5, 5.41) is 0. The van der Waals surface area contributed by atoms with Crippen molar-refractivity contribution in [3.63, 3.8) is 0 Å². The van der Waals surface area contributed by atoms with E-state index in [1.807, 2.05) is 0 Å². The molecule has 1 heterocycles. The number of fused-ring (bicyclic) bond motifs is 3. The molecule has 310 valence electrons. The van der Waals surface area contributed by atoms with Crippen LogP contribution >= 0.6 is 0 Å². The molecular formula is C60H65N. The SMILES string of the molecule is CCCCCCC1(CCCCCC)c2ccccc2-c2ccc(-c3ccc(-c4cccc(-c5cccc(-c6cccc(CCCCCCc7ccccc7)c6)c5)c4)cn3)cc21. The van der Waals surface area contributed by atoms with Gasteiger partial charge < -0.3 is 0 Å². The second kappa shape index (κ2) is 20.8. The minimum Gasteiger partial charge on any atom is -0.256 e. The molecule has 1 aliphatic rings. The van der Waals surface area contributed by atoms with Gasteiger partial charge in [0.05, 0.1) is 5.69 Å². The van der Waals surface area contributed by atoms with Gasteiger partial charge in [0, 0.05) is 22.7 Å². The molecule has 7 aromatic rings. The highest BCUT2D eigenvalue weighted by atomic mass is 14.7. The fourth-order valence-electron chi connectivity index (χ4n) is 10.0. The third-order valence-corrected chi connectivity index (χ3v) is 13.4. The summed E-state index contributed by atoms with van der Waals surface area (Å²) in [6.07, 6.45) is 22.3.